The Bertz CT molecular complexity index is 602. The van der Waals surface area contributed by atoms with Gasteiger partial charge in [-0.25, -0.2) is 4.79 Å². The zero-order chi connectivity index (χ0) is 15.7. The van der Waals surface area contributed by atoms with Crippen LogP contribution in [0, 0.1) is 18.8 Å². The lowest BCUT2D eigenvalue weighted by Crippen LogP contribution is -2.40. The van der Waals surface area contributed by atoms with E-state index in [0.29, 0.717) is 16.7 Å². The molecule has 5 heteroatoms. The van der Waals surface area contributed by atoms with Gasteiger partial charge in [-0.1, -0.05) is 12.5 Å². The van der Waals surface area contributed by atoms with E-state index in [9.17, 15) is 4.79 Å². The van der Waals surface area contributed by atoms with Gasteiger partial charge < -0.3 is 15.4 Å². The minimum Gasteiger partial charge on any atom is -0.465 e. The van der Waals surface area contributed by atoms with Crippen molar-refractivity contribution in [2.45, 2.75) is 38.6 Å². The number of benzene rings is 1. The normalized spacial score (nSPS) is 25.8. The Hall–Kier alpha value is -1.62. The molecule has 0 spiro atoms. The average Bonchev–Trinajstić information content (AvgIpc) is 3.11. The molecular weight excluding hydrogens is 296 g/mol. The van der Waals surface area contributed by atoms with E-state index in [4.69, 9.17) is 17.0 Å². The Morgan fingerprint density at radius 2 is 2.14 bits per heavy atom. The van der Waals surface area contributed by atoms with Gasteiger partial charge in [-0.3, -0.25) is 0 Å². The third kappa shape index (κ3) is 2.95. The second kappa shape index (κ2) is 6.24. The molecule has 2 aliphatic carbocycles. The maximum atomic E-state index is 11.7. The van der Waals surface area contributed by atoms with Gasteiger partial charge in [0.15, 0.2) is 5.11 Å². The smallest absolute Gasteiger partial charge is 0.338 e. The molecule has 3 atom stereocenters. The Balaban J connectivity index is 1.65. The summed E-state index contributed by atoms with van der Waals surface area (Å²) in [5.74, 6) is 1.33. The molecule has 1 aromatic carbocycles. The molecular formula is C17H22N2O2S. The quantitative estimate of drug-likeness (QED) is 0.662. The van der Waals surface area contributed by atoms with Crippen molar-refractivity contribution >= 4 is 29.0 Å². The van der Waals surface area contributed by atoms with Crippen LogP contribution in [0.5, 0.6) is 0 Å². The standard InChI is InChI=1S/C17H22N2O2S/c1-10-13(16(20)21-2)4-3-5-14(10)18-17(22)19-15-9-11-6-7-12(15)8-11/h3-5,11-12,15H,6-9H2,1-2H3,(H2,18,19,22)/t11-,12-,15-/m1/s1. The highest BCUT2D eigenvalue weighted by molar-refractivity contribution is 7.80. The van der Waals surface area contributed by atoms with Crippen molar-refractivity contribution in [3.63, 3.8) is 0 Å². The van der Waals surface area contributed by atoms with Gasteiger partial charge in [0.05, 0.1) is 12.7 Å². The zero-order valence-corrected chi connectivity index (χ0v) is 13.8. The van der Waals surface area contributed by atoms with Crippen LogP contribution in [0.3, 0.4) is 0 Å². The SMILES string of the molecule is COC(=O)c1cccc(NC(=S)N[C@@H]2C[C@@H]3CC[C@@H]2C3)c1C. The van der Waals surface area contributed by atoms with Crippen molar-refractivity contribution in [2.75, 3.05) is 12.4 Å². The first-order valence-electron chi connectivity index (χ1n) is 7.84. The van der Waals surface area contributed by atoms with E-state index in [1.807, 2.05) is 19.1 Å². The molecule has 2 fully saturated rings. The third-order valence-corrected chi connectivity index (χ3v) is 5.26. The van der Waals surface area contributed by atoms with Gasteiger partial charge >= 0.3 is 5.97 Å². The Kier molecular flexibility index (Phi) is 4.34. The maximum Gasteiger partial charge on any atom is 0.338 e. The predicted octanol–water partition coefficient (Wildman–Crippen LogP) is 3.26. The first-order valence-corrected chi connectivity index (χ1v) is 8.24. The van der Waals surface area contributed by atoms with Crippen molar-refractivity contribution < 1.29 is 9.53 Å². The largest absolute Gasteiger partial charge is 0.465 e. The van der Waals surface area contributed by atoms with Crippen LogP contribution >= 0.6 is 12.2 Å². The monoisotopic (exact) mass is 318 g/mol. The van der Waals surface area contributed by atoms with Gasteiger partial charge in [-0.05, 0) is 67.9 Å². The molecule has 2 bridgehead atoms. The highest BCUT2D eigenvalue weighted by Crippen LogP contribution is 2.44. The lowest BCUT2D eigenvalue weighted by Gasteiger charge is -2.25. The van der Waals surface area contributed by atoms with Crippen LogP contribution in [0.15, 0.2) is 18.2 Å². The van der Waals surface area contributed by atoms with Crippen LogP contribution in [0.2, 0.25) is 0 Å². The Labute approximate surface area is 136 Å². The molecule has 22 heavy (non-hydrogen) atoms. The number of fused-ring (bicyclic) bond motifs is 2. The van der Waals surface area contributed by atoms with E-state index in [0.717, 1.165) is 23.1 Å². The molecule has 0 aromatic heterocycles. The first kappa shape index (κ1) is 15.3. The summed E-state index contributed by atoms with van der Waals surface area (Å²) in [5.41, 5.74) is 2.27. The number of hydrogen-bond acceptors (Lipinski definition) is 3. The Morgan fingerprint density at radius 3 is 2.77 bits per heavy atom. The predicted molar refractivity (Wildman–Crippen MR) is 91.1 cm³/mol. The highest BCUT2D eigenvalue weighted by atomic mass is 32.1. The Morgan fingerprint density at radius 1 is 1.32 bits per heavy atom. The lowest BCUT2D eigenvalue weighted by molar-refractivity contribution is 0.0600. The van der Waals surface area contributed by atoms with Crippen molar-refractivity contribution in [3.8, 4) is 0 Å². The number of thiocarbonyl (C=S) groups is 1. The van der Waals surface area contributed by atoms with Gasteiger partial charge in [-0.2, -0.15) is 0 Å². The average molecular weight is 318 g/mol. The fourth-order valence-electron chi connectivity index (χ4n) is 3.85. The van der Waals surface area contributed by atoms with E-state index in [2.05, 4.69) is 10.6 Å². The van der Waals surface area contributed by atoms with Crippen LogP contribution < -0.4 is 10.6 Å². The van der Waals surface area contributed by atoms with Crippen molar-refractivity contribution in [1.82, 2.24) is 5.32 Å². The number of carbonyl (C=O) groups excluding carboxylic acids is 1. The molecule has 2 saturated carbocycles. The van der Waals surface area contributed by atoms with Gasteiger partial charge in [0, 0.05) is 11.7 Å². The van der Waals surface area contributed by atoms with Crippen LogP contribution in [0.4, 0.5) is 5.69 Å². The maximum absolute atomic E-state index is 11.7. The molecule has 0 aliphatic heterocycles. The van der Waals surface area contributed by atoms with Crippen LogP contribution in [0.25, 0.3) is 0 Å². The molecule has 4 nitrogen and oxygen atoms in total. The van der Waals surface area contributed by atoms with Crippen molar-refractivity contribution in [2.24, 2.45) is 11.8 Å². The summed E-state index contributed by atoms with van der Waals surface area (Å²) in [6.45, 7) is 1.90. The van der Waals surface area contributed by atoms with Gasteiger partial charge in [0.25, 0.3) is 0 Å². The van der Waals surface area contributed by atoms with Gasteiger partial charge in [0.2, 0.25) is 0 Å². The van der Waals surface area contributed by atoms with Crippen molar-refractivity contribution in [1.29, 1.82) is 0 Å². The minimum absolute atomic E-state index is 0.326. The van der Waals surface area contributed by atoms with Gasteiger partial charge in [0.1, 0.15) is 0 Å². The lowest BCUT2D eigenvalue weighted by atomic mass is 9.95. The number of ether oxygens (including phenoxy) is 1. The number of esters is 1. The summed E-state index contributed by atoms with van der Waals surface area (Å²) >= 11 is 5.45. The van der Waals surface area contributed by atoms with E-state index >= 15 is 0 Å². The molecule has 1 aromatic rings. The zero-order valence-electron chi connectivity index (χ0n) is 13.0. The fourth-order valence-corrected chi connectivity index (χ4v) is 4.11. The second-order valence-corrected chi connectivity index (χ2v) is 6.76. The number of nitrogens with one attached hydrogen (secondary N) is 2. The van der Waals surface area contributed by atoms with Crippen LogP contribution in [0.1, 0.15) is 41.6 Å². The summed E-state index contributed by atoms with van der Waals surface area (Å²) in [6.07, 6.45) is 5.27. The summed E-state index contributed by atoms with van der Waals surface area (Å²) in [7, 11) is 1.39. The van der Waals surface area contributed by atoms with E-state index in [1.54, 1.807) is 6.07 Å². The molecule has 2 N–H and O–H groups in total. The molecule has 0 radical (unpaired) electrons. The third-order valence-electron chi connectivity index (χ3n) is 5.04. The van der Waals surface area contributed by atoms with Crippen molar-refractivity contribution in [3.05, 3.63) is 29.3 Å². The van der Waals surface area contributed by atoms with Crippen LogP contribution in [-0.2, 0) is 4.74 Å². The number of rotatable bonds is 3. The summed E-state index contributed by atoms with van der Waals surface area (Å²) in [5, 5.41) is 7.32. The topological polar surface area (TPSA) is 50.4 Å². The molecule has 3 rings (SSSR count). The van der Waals surface area contributed by atoms with Gasteiger partial charge in [-0.15, -0.1) is 0 Å². The molecule has 2 aliphatic rings. The number of anilines is 1. The molecule has 0 heterocycles. The summed E-state index contributed by atoms with van der Waals surface area (Å²) < 4.78 is 4.80. The second-order valence-electron chi connectivity index (χ2n) is 6.35. The summed E-state index contributed by atoms with van der Waals surface area (Å²) in [4.78, 5) is 11.7. The fraction of sp³-hybridized carbons (Fsp3) is 0.529. The molecule has 0 amide bonds. The minimum atomic E-state index is -0.326. The first-order chi connectivity index (χ1) is 10.6. The van der Waals surface area contributed by atoms with E-state index in [1.165, 1.54) is 32.8 Å². The molecule has 118 valence electrons. The number of carbonyl (C=O) groups is 1. The van der Waals surface area contributed by atoms with Crippen LogP contribution in [-0.4, -0.2) is 24.2 Å². The summed E-state index contributed by atoms with van der Waals surface area (Å²) in [6, 6.07) is 6.03. The number of hydrogen-bond donors (Lipinski definition) is 2. The molecule has 0 unspecified atom stereocenters. The number of methoxy groups -OCH3 is 1. The van der Waals surface area contributed by atoms with E-state index in [-0.39, 0.29) is 5.97 Å². The molecule has 0 saturated heterocycles. The van der Waals surface area contributed by atoms with E-state index < -0.39 is 0 Å². The highest BCUT2D eigenvalue weighted by Gasteiger charge is 2.39.